The van der Waals surface area contributed by atoms with Gasteiger partial charge in [0.25, 0.3) is 0 Å². The molecule has 0 saturated heterocycles. The number of hydrogen-bond donors (Lipinski definition) is 1. The lowest BCUT2D eigenvalue weighted by atomic mass is 9.82. The number of amidine groups is 2. The SMILES string of the molecule is CC1(C)c2ccccc2-c2cc3c(-c4ccccc4)cc(-c4cccc(C5N=C(c6ccccc6)NC(c6ccccc6)=N5)c4)nc3cc21. The number of nitrogens with zero attached hydrogens (tertiary/aromatic N) is 3. The van der Waals surface area contributed by atoms with Crippen LogP contribution in [0.4, 0.5) is 0 Å². The highest BCUT2D eigenvalue weighted by Crippen LogP contribution is 2.50. The van der Waals surface area contributed by atoms with E-state index in [0.29, 0.717) is 0 Å². The van der Waals surface area contributed by atoms with Crippen LogP contribution in [0.1, 0.15) is 47.8 Å². The lowest BCUT2D eigenvalue weighted by Crippen LogP contribution is -2.35. The second-order valence-corrected chi connectivity index (χ2v) is 13.3. The highest BCUT2D eigenvalue weighted by molar-refractivity contribution is 6.15. The Labute approximate surface area is 286 Å². The van der Waals surface area contributed by atoms with Crippen molar-refractivity contribution in [3.63, 3.8) is 0 Å². The number of hydrogen-bond acceptors (Lipinski definition) is 4. The van der Waals surface area contributed by atoms with Gasteiger partial charge in [-0.05, 0) is 63.2 Å². The first-order valence-electron chi connectivity index (χ1n) is 16.8. The summed E-state index contributed by atoms with van der Waals surface area (Å²) in [6.45, 7) is 4.64. The average molecular weight is 631 g/mol. The van der Waals surface area contributed by atoms with Gasteiger partial charge in [-0.25, -0.2) is 15.0 Å². The molecule has 0 amide bonds. The molecule has 2 aliphatic rings. The largest absolute Gasteiger partial charge is 0.324 e. The third-order valence-corrected chi connectivity index (χ3v) is 9.91. The lowest BCUT2D eigenvalue weighted by Gasteiger charge is -2.23. The molecule has 0 saturated carbocycles. The van der Waals surface area contributed by atoms with Crippen LogP contribution in [0.5, 0.6) is 0 Å². The highest BCUT2D eigenvalue weighted by Gasteiger charge is 2.35. The van der Waals surface area contributed by atoms with Crippen molar-refractivity contribution in [2.45, 2.75) is 25.4 Å². The van der Waals surface area contributed by atoms with E-state index in [4.69, 9.17) is 15.0 Å². The third-order valence-electron chi connectivity index (χ3n) is 9.91. The summed E-state index contributed by atoms with van der Waals surface area (Å²) in [5.74, 6) is 1.61. The Balaban J connectivity index is 1.20. The minimum absolute atomic E-state index is 0.109. The molecular weight excluding hydrogens is 597 g/mol. The van der Waals surface area contributed by atoms with E-state index < -0.39 is 6.17 Å². The summed E-state index contributed by atoms with van der Waals surface area (Å²) in [5.41, 5.74) is 13.5. The van der Waals surface area contributed by atoms with Crippen molar-refractivity contribution >= 4 is 22.6 Å². The fourth-order valence-corrected chi connectivity index (χ4v) is 7.37. The zero-order chi connectivity index (χ0) is 33.0. The normalized spacial score (nSPS) is 14.8. The van der Waals surface area contributed by atoms with Crippen molar-refractivity contribution in [1.82, 2.24) is 10.3 Å². The molecule has 6 aromatic carbocycles. The molecule has 7 aromatic rings. The van der Waals surface area contributed by atoms with Crippen LogP contribution < -0.4 is 5.32 Å². The first-order valence-corrected chi connectivity index (χ1v) is 16.8. The summed E-state index contributed by atoms with van der Waals surface area (Å²) < 4.78 is 0. The molecule has 49 heavy (non-hydrogen) atoms. The second-order valence-electron chi connectivity index (χ2n) is 13.3. The van der Waals surface area contributed by atoms with Crippen molar-refractivity contribution in [3.8, 4) is 33.5 Å². The van der Waals surface area contributed by atoms with Crippen molar-refractivity contribution in [2.24, 2.45) is 9.98 Å². The van der Waals surface area contributed by atoms with Crippen LogP contribution >= 0.6 is 0 Å². The predicted octanol–water partition coefficient (Wildman–Crippen LogP) is 10.4. The molecule has 0 fully saturated rings. The first-order chi connectivity index (χ1) is 24.0. The van der Waals surface area contributed by atoms with Crippen LogP contribution in [0, 0.1) is 0 Å². The number of fused-ring (bicyclic) bond motifs is 4. The Morgan fingerprint density at radius 1 is 0.490 bits per heavy atom. The Morgan fingerprint density at radius 2 is 1.08 bits per heavy atom. The fraction of sp³-hybridized carbons (Fsp3) is 0.0889. The summed E-state index contributed by atoms with van der Waals surface area (Å²) in [7, 11) is 0. The van der Waals surface area contributed by atoms with E-state index in [1.165, 1.54) is 33.4 Å². The molecule has 0 bridgehead atoms. The number of benzene rings is 6. The molecule has 4 heteroatoms. The van der Waals surface area contributed by atoms with Crippen molar-refractivity contribution in [1.29, 1.82) is 0 Å². The Kier molecular flexibility index (Phi) is 6.84. The van der Waals surface area contributed by atoms with E-state index in [9.17, 15) is 0 Å². The van der Waals surface area contributed by atoms with Crippen molar-refractivity contribution in [2.75, 3.05) is 0 Å². The van der Waals surface area contributed by atoms with E-state index >= 15 is 0 Å². The minimum atomic E-state index is -0.414. The van der Waals surface area contributed by atoms with Gasteiger partial charge in [-0.3, -0.25) is 0 Å². The molecule has 0 spiro atoms. The van der Waals surface area contributed by atoms with E-state index in [1.807, 2.05) is 36.4 Å². The van der Waals surface area contributed by atoms with Gasteiger partial charge in [0, 0.05) is 27.5 Å². The van der Waals surface area contributed by atoms with Gasteiger partial charge in [0.2, 0.25) is 0 Å². The van der Waals surface area contributed by atoms with Gasteiger partial charge < -0.3 is 5.32 Å². The van der Waals surface area contributed by atoms with Crippen LogP contribution in [0.25, 0.3) is 44.4 Å². The summed E-state index contributed by atoms with van der Waals surface area (Å²) in [5, 5.41) is 4.66. The molecule has 0 radical (unpaired) electrons. The standard InChI is InChI=1S/C45H34N4/c1-45(2)38-24-13-12-23-34(38)36-26-37-35(29-15-6-3-7-16-29)27-40(46-41(37)28-39(36)45)32-21-14-22-33(25-32)44-48-42(30-17-8-4-9-18-30)47-43(49-44)31-19-10-5-11-20-31/h3-28,44H,1-2H3,(H,47,48,49). The molecule has 1 aliphatic heterocycles. The van der Waals surface area contributed by atoms with Crippen LogP contribution in [-0.2, 0) is 5.41 Å². The highest BCUT2D eigenvalue weighted by atomic mass is 15.2. The molecule has 1 aliphatic carbocycles. The maximum Gasteiger partial charge on any atom is 0.169 e. The number of pyridine rings is 1. The minimum Gasteiger partial charge on any atom is -0.324 e. The first kappa shape index (κ1) is 29.0. The van der Waals surface area contributed by atoms with Gasteiger partial charge in [0.05, 0.1) is 11.2 Å². The van der Waals surface area contributed by atoms with Gasteiger partial charge in [-0.15, -0.1) is 0 Å². The summed E-state index contributed by atoms with van der Waals surface area (Å²) >= 11 is 0. The molecule has 0 atom stereocenters. The fourth-order valence-electron chi connectivity index (χ4n) is 7.37. The van der Waals surface area contributed by atoms with Crippen LogP contribution in [0.15, 0.2) is 168 Å². The molecule has 9 rings (SSSR count). The molecular formula is C45H34N4. The molecule has 234 valence electrons. The molecule has 1 N–H and O–H groups in total. The summed E-state index contributed by atoms with van der Waals surface area (Å²) in [4.78, 5) is 15.6. The lowest BCUT2D eigenvalue weighted by molar-refractivity contribution is 0.661. The molecule has 4 nitrogen and oxygen atoms in total. The molecule has 2 heterocycles. The zero-order valence-corrected chi connectivity index (χ0v) is 27.4. The van der Waals surface area contributed by atoms with Gasteiger partial charge >= 0.3 is 0 Å². The predicted molar refractivity (Wildman–Crippen MR) is 202 cm³/mol. The maximum absolute atomic E-state index is 5.36. The molecule has 1 aromatic heterocycles. The number of rotatable bonds is 5. The number of aliphatic imine (C=N–C) groups is 2. The van der Waals surface area contributed by atoms with Crippen LogP contribution in [0.3, 0.4) is 0 Å². The van der Waals surface area contributed by atoms with Crippen LogP contribution in [0.2, 0.25) is 0 Å². The van der Waals surface area contributed by atoms with Crippen LogP contribution in [-0.4, -0.2) is 16.7 Å². The Hall–Kier alpha value is -6.13. The van der Waals surface area contributed by atoms with Gasteiger partial charge in [0.15, 0.2) is 6.17 Å². The third kappa shape index (κ3) is 5.04. The quantitative estimate of drug-likeness (QED) is 0.206. The topological polar surface area (TPSA) is 49.6 Å². The van der Waals surface area contributed by atoms with Crippen molar-refractivity contribution < 1.29 is 0 Å². The number of nitrogens with one attached hydrogen (secondary N) is 1. The Bertz CT molecular complexity index is 2370. The van der Waals surface area contributed by atoms with Gasteiger partial charge in [0.1, 0.15) is 11.7 Å². The van der Waals surface area contributed by atoms with Gasteiger partial charge in [-0.2, -0.15) is 0 Å². The Morgan fingerprint density at radius 3 is 1.76 bits per heavy atom. The summed E-state index contributed by atoms with van der Waals surface area (Å²) in [6, 6.07) is 55.4. The monoisotopic (exact) mass is 630 g/mol. The average Bonchev–Trinajstić information content (AvgIpc) is 3.39. The van der Waals surface area contributed by atoms with E-state index in [0.717, 1.165) is 50.5 Å². The molecule has 0 unspecified atom stereocenters. The maximum atomic E-state index is 5.36. The van der Waals surface area contributed by atoms with Gasteiger partial charge in [-0.1, -0.05) is 147 Å². The zero-order valence-electron chi connectivity index (χ0n) is 27.4. The second kappa shape index (κ2) is 11.5. The summed E-state index contributed by atoms with van der Waals surface area (Å²) in [6.07, 6.45) is -0.414. The van der Waals surface area contributed by atoms with E-state index in [2.05, 4.69) is 140 Å². The van der Waals surface area contributed by atoms with E-state index in [1.54, 1.807) is 0 Å². The number of aromatic nitrogens is 1. The van der Waals surface area contributed by atoms with E-state index in [-0.39, 0.29) is 5.41 Å². The van der Waals surface area contributed by atoms with Crippen molar-refractivity contribution in [3.05, 3.63) is 186 Å². The smallest absolute Gasteiger partial charge is 0.169 e.